The van der Waals surface area contributed by atoms with Gasteiger partial charge in [-0.3, -0.25) is 18.9 Å². The maximum atomic E-state index is 13.2. The molecule has 1 atom stereocenters. The maximum Gasteiger partial charge on any atom is 0.353 e. The summed E-state index contributed by atoms with van der Waals surface area (Å²) in [6.45, 7) is 3.26. The number of aromatic nitrogens is 2. The van der Waals surface area contributed by atoms with Crippen LogP contribution in [0.3, 0.4) is 0 Å². The Balaban J connectivity index is 1.88. The average Bonchev–Trinajstić information content (AvgIpc) is 2.86. The molecule has 9 nitrogen and oxygen atoms in total. The van der Waals surface area contributed by atoms with E-state index in [-0.39, 0.29) is 19.8 Å². The molecule has 0 aromatic carbocycles. The second kappa shape index (κ2) is 21.6. The number of nitrogens with zero attached hydrogens (tertiary/aromatic N) is 1. The lowest BCUT2D eigenvalue weighted by Gasteiger charge is -2.13. The number of nitrogens with one attached hydrogen (secondary N) is 1. The zero-order valence-electron chi connectivity index (χ0n) is 22.6. The minimum Gasteiger partial charge on any atom is -0.381 e. The Morgan fingerprint density at radius 2 is 1.35 bits per heavy atom. The fourth-order valence-electron chi connectivity index (χ4n) is 3.90. The molecule has 11 heteroatoms. The lowest BCUT2D eigenvalue weighted by Crippen LogP contribution is -2.32. The Morgan fingerprint density at radius 1 is 0.811 bits per heavy atom. The molecule has 0 spiro atoms. The molecule has 1 aromatic rings. The highest BCUT2D eigenvalue weighted by Crippen LogP contribution is 2.41. The van der Waals surface area contributed by atoms with E-state index in [0.29, 0.717) is 19.6 Å². The standard InChI is InChI=1S/C26H48FN2O7P/c1-2-3-4-5-6-7-8-9-10-11-12-13-14-15-18-34-19-16-20-36-37(32,33)23-35-21-17-29-22-24(27)25(30)28-26(29)31/h22H,2-21,23H2,1H3,(H,32,33)(H,28,30,31). The number of H-pyrrole nitrogens is 1. The van der Waals surface area contributed by atoms with E-state index in [1.807, 2.05) is 4.98 Å². The number of unbranched alkanes of at least 4 members (excludes halogenated alkanes) is 13. The molecule has 0 bridgehead atoms. The van der Waals surface area contributed by atoms with Gasteiger partial charge in [0.15, 0.2) is 0 Å². The summed E-state index contributed by atoms with van der Waals surface area (Å²) in [6.07, 6.45) is 19.1. The van der Waals surface area contributed by atoms with Gasteiger partial charge in [0.25, 0.3) is 5.56 Å². The van der Waals surface area contributed by atoms with E-state index >= 15 is 0 Å². The van der Waals surface area contributed by atoms with Gasteiger partial charge in [-0.2, -0.15) is 4.39 Å². The second-order valence-electron chi connectivity index (χ2n) is 9.50. The van der Waals surface area contributed by atoms with Crippen molar-refractivity contribution < 1.29 is 27.8 Å². The van der Waals surface area contributed by atoms with Crippen LogP contribution in [0, 0.1) is 5.82 Å². The van der Waals surface area contributed by atoms with E-state index in [1.54, 1.807) is 0 Å². The highest BCUT2D eigenvalue weighted by atomic mass is 31.2. The monoisotopic (exact) mass is 550 g/mol. The van der Waals surface area contributed by atoms with Gasteiger partial charge in [0.1, 0.15) is 6.35 Å². The molecule has 0 aliphatic carbocycles. The summed E-state index contributed by atoms with van der Waals surface area (Å²) in [6, 6.07) is 0. The first-order chi connectivity index (χ1) is 17.9. The van der Waals surface area contributed by atoms with Crippen molar-refractivity contribution in [1.82, 2.24) is 9.55 Å². The highest BCUT2D eigenvalue weighted by molar-refractivity contribution is 7.52. The maximum absolute atomic E-state index is 13.2. The Bertz CT molecular complexity index is 862. The minimum atomic E-state index is -3.93. The van der Waals surface area contributed by atoms with Crippen LogP contribution in [0.25, 0.3) is 0 Å². The smallest absolute Gasteiger partial charge is 0.353 e. The predicted molar refractivity (Wildman–Crippen MR) is 144 cm³/mol. The molecule has 37 heavy (non-hydrogen) atoms. The molecule has 0 saturated heterocycles. The van der Waals surface area contributed by atoms with E-state index in [2.05, 4.69) is 6.92 Å². The van der Waals surface area contributed by atoms with Crippen LogP contribution in [0.2, 0.25) is 0 Å². The molecule has 0 radical (unpaired) electrons. The molecular weight excluding hydrogens is 502 g/mol. The summed E-state index contributed by atoms with van der Waals surface area (Å²) in [4.78, 5) is 34.1. The fraction of sp³-hybridized carbons (Fsp3) is 0.846. The number of ether oxygens (including phenoxy) is 2. The van der Waals surface area contributed by atoms with Gasteiger partial charge in [0.05, 0.1) is 26.0 Å². The largest absolute Gasteiger partial charge is 0.381 e. The van der Waals surface area contributed by atoms with Crippen molar-refractivity contribution in [2.75, 3.05) is 32.8 Å². The minimum absolute atomic E-state index is 0.0699. The molecule has 1 unspecified atom stereocenters. The van der Waals surface area contributed by atoms with Crippen molar-refractivity contribution in [2.24, 2.45) is 0 Å². The van der Waals surface area contributed by atoms with E-state index in [0.717, 1.165) is 23.6 Å². The van der Waals surface area contributed by atoms with Crippen LogP contribution < -0.4 is 11.2 Å². The topological polar surface area (TPSA) is 120 Å². The zero-order chi connectivity index (χ0) is 27.2. The van der Waals surface area contributed by atoms with E-state index < -0.39 is 31.0 Å². The Morgan fingerprint density at radius 3 is 1.95 bits per heavy atom. The lowest BCUT2D eigenvalue weighted by atomic mass is 10.0. The Hall–Kier alpha value is -1.32. The number of aromatic amines is 1. The van der Waals surface area contributed by atoms with E-state index in [9.17, 15) is 23.4 Å². The zero-order valence-corrected chi connectivity index (χ0v) is 23.5. The number of rotatable bonds is 25. The van der Waals surface area contributed by atoms with Crippen LogP contribution in [0.4, 0.5) is 4.39 Å². The number of hydrogen-bond donors (Lipinski definition) is 2. The van der Waals surface area contributed by atoms with Gasteiger partial charge in [-0.1, -0.05) is 90.4 Å². The summed E-state index contributed by atoms with van der Waals surface area (Å²) in [5, 5.41) is 0. The molecule has 0 amide bonds. The molecule has 0 aliphatic heterocycles. The van der Waals surface area contributed by atoms with Crippen molar-refractivity contribution in [3.63, 3.8) is 0 Å². The third kappa shape index (κ3) is 18.6. The van der Waals surface area contributed by atoms with Crippen LogP contribution in [-0.2, 0) is 25.1 Å². The molecule has 0 fully saturated rings. The van der Waals surface area contributed by atoms with Crippen molar-refractivity contribution >= 4 is 7.60 Å². The normalized spacial score (nSPS) is 13.2. The SMILES string of the molecule is CCCCCCCCCCCCCCCCOCCCOP(=O)(O)COCCn1cc(F)c(=O)[nH]c1=O. The highest BCUT2D eigenvalue weighted by Gasteiger charge is 2.19. The first-order valence-corrected chi connectivity index (χ1v) is 15.7. The summed E-state index contributed by atoms with van der Waals surface area (Å²) in [5.41, 5.74) is -1.88. The van der Waals surface area contributed by atoms with Crippen LogP contribution >= 0.6 is 7.60 Å². The molecule has 2 N–H and O–H groups in total. The van der Waals surface area contributed by atoms with Crippen molar-refractivity contribution in [2.45, 2.75) is 110 Å². The van der Waals surface area contributed by atoms with Crippen LogP contribution in [0.15, 0.2) is 15.8 Å². The molecule has 1 rings (SSSR count). The number of hydrogen-bond acceptors (Lipinski definition) is 6. The van der Waals surface area contributed by atoms with Gasteiger partial charge in [-0.15, -0.1) is 0 Å². The molecule has 1 aromatic heterocycles. The summed E-state index contributed by atoms with van der Waals surface area (Å²) in [7, 11) is -3.93. The van der Waals surface area contributed by atoms with Gasteiger partial charge >= 0.3 is 13.3 Å². The third-order valence-electron chi connectivity index (χ3n) is 6.07. The summed E-state index contributed by atoms with van der Waals surface area (Å²) < 4.78 is 41.7. The van der Waals surface area contributed by atoms with Crippen molar-refractivity contribution in [3.8, 4) is 0 Å². The molecule has 216 valence electrons. The first kappa shape index (κ1) is 33.7. The average molecular weight is 551 g/mol. The van der Waals surface area contributed by atoms with Crippen LogP contribution in [-0.4, -0.2) is 47.2 Å². The van der Waals surface area contributed by atoms with Gasteiger partial charge < -0.3 is 18.9 Å². The fourth-order valence-corrected chi connectivity index (χ4v) is 4.75. The number of halogens is 1. The van der Waals surface area contributed by atoms with E-state index in [1.165, 1.54) is 77.0 Å². The van der Waals surface area contributed by atoms with Crippen molar-refractivity contribution in [3.05, 3.63) is 32.9 Å². The third-order valence-corrected chi connectivity index (χ3v) is 7.16. The molecule has 0 saturated carbocycles. The van der Waals surface area contributed by atoms with E-state index in [4.69, 9.17) is 14.0 Å². The first-order valence-electron chi connectivity index (χ1n) is 14.0. The van der Waals surface area contributed by atoms with Crippen molar-refractivity contribution in [1.29, 1.82) is 0 Å². The molecule has 1 heterocycles. The van der Waals surface area contributed by atoms with Crippen LogP contribution in [0.1, 0.15) is 103 Å². The summed E-state index contributed by atoms with van der Waals surface area (Å²) >= 11 is 0. The van der Waals surface area contributed by atoms with Gasteiger partial charge in [-0.05, 0) is 12.8 Å². The Labute approximate surface area is 220 Å². The van der Waals surface area contributed by atoms with Gasteiger partial charge in [-0.25, -0.2) is 4.79 Å². The summed E-state index contributed by atoms with van der Waals surface area (Å²) in [5.74, 6) is -1.10. The molecular formula is C26H48FN2O7P. The van der Waals surface area contributed by atoms with Crippen LogP contribution in [0.5, 0.6) is 0 Å². The predicted octanol–water partition coefficient (Wildman–Crippen LogP) is 5.74. The van der Waals surface area contributed by atoms with Gasteiger partial charge in [0, 0.05) is 13.2 Å². The molecule has 0 aliphatic rings. The Kier molecular flexibility index (Phi) is 19.7. The lowest BCUT2D eigenvalue weighted by molar-refractivity contribution is 0.106. The van der Waals surface area contributed by atoms with Gasteiger partial charge in [0.2, 0.25) is 5.82 Å². The second-order valence-corrected chi connectivity index (χ2v) is 11.3. The quantitative estimate of drug-likeness (QED) is 0.118.